The maximum atomic E-state index is 11.4. The van der Waals surface area contributed by atoms with Gasteiger partial charge in [0.15, 0.2) is 5.69 Å². The number of anilines is 1. The number of piperidine rings is 1. The van der Waals surface area contributed by atoms with E-state index in [-0.39, 0.29) is 5.69 Å². The Hall–Kier alpha value is -2.18. The Kier molecular flexibility index (Phi) is 3.87. The average molecular weight is 279 g/mol. The summed E-state index contributed by atoms with van der Waals surface area (Å²) in [6, 6.07) is 0. The van der Waals surface area contributed by atoms with Crippen molar-refractivity contribution in [3.8, 4) is 0 Å². The van der Waals surface area contributed by atoms with E-state index in [1.807, 2.05) is 4.90 Å². The Morgan fingerprint density at radius 2 is 2.20 bits per heavy atom. The fourth-order valence-electron chi connectivity index (χ4n) is 2.32. The number of methoxy groups -OCH3 is 1. The van der Waals surface area contributed by atoms with Crippen LogP contribution in [0.15, 0.2) is 12.4 Å². The van der Waals surface area contributed by atoms with Crippen LogP contribution in [-0.4, -0.2) is 47.2 Å². The molecule has 0 aromatic carbocycles. The molecule has 1 fully saturated rings. The zero-order valence-electron chi connectivity index (χ0n) is 11.5. The van der Waals surface area contributed by atoms with Crippen molar-refractivity contribution in [2.24, 2.45) is 5.41 Å². The van der Waals surface area contributed by atoms with Crippen molar-refractivity contribution >= 4 is 17.8 Å². The number of carbonyl (C=O) groups excluding carboxylic acids is 1. The Balaban J connectivity index is 2.23. The molecule has 1 aromatic rings. The highest BCUT2D eigenvalue weighted by molar-refractivity contribution is 5.87. The first-order valence-corrected chi connectivity index (χ1v) is 6.35. The number of carboxylic acid groups (broad SMARTS) is 1. The zero-order valence-corrected chi connectivity index (χ0v) is 11.5. The fraction of sp³-hybridized carbons (Fsp3) is 0.538. The molecule has 0 bridgehead atoms. The van der Waals surface area contributed by atoms with E-state index in [1.54, 1.807) is 6.92 Å². The SMILES string of the molecule is COC(=O)c1cncc(N2CCCC(C)(C(=O)O)C2)n1. The molecular formula is C13H17N3O4. The molecule has 20 heavy (non-hydrogen) atoms. The van der Waals surface area contributed by atoms with Crippen molar-refractivity contribution in [3.05, 3.63) is 18.1 Å². The smallest absolute Gasteiger partial charge is 0.358 e. The second kappa shape index (κ2) is 5.44. The van der Waals surface area contributed by atoms with Crippen LogP contribution in [0.1, 0.15) is 30.3 Å². The van der Waals surface area contributed by atoms with Gasteiger partial charge < -0.3 is 14.7 Å². The molecule has 0 saturated carbocycles. The van der Waals surface area contributed by atoms with Crippen molar-refractivity contribution in [2.45, 2.75) is 19.8 Å². The van der Waals surface area contributed by atoms with Crippen LogP contribution in [0.3, 0.4) is 0 Å². The lowest BCUT2D eigenvalue weighted by atomic mass is 9.82. The van der Waals surface area contributed by atoms with Crippen LogP contribution < -0.4 is 4.90 Å². The summed E-state index contributed by atoms with van der Waals surface area (Å²) in [5.41, 5.74) is -0.686. The number of nitrogens with zero attached hydrogens (tertiary/aromatic N) is 3. The molecule has 1 N–H and O–H groups in total. The minimum absolute atomic E-state index is 0.118. The Bertz CT molecular complexity index is 534. The standard InChI is InChI=1S/C13H17N3O4/c1-13(12(18)19)4-3-5-16(8-13)10-7-14-6-9(15-10)11(17)20-2/h6-7H,3-5,8H2,1-2H3,(H,18,19). The molecular weight excluding hydrogens is 262 g/mol. The summed E-state index contributed by atoms with van der Waals surface area (Å²) in [5, 5.41) is 9.31. The molecule has 2 heterocycles. The van der Waals surface area contributed by atoms with E-state index in [4.69, 9.17) is 0 Å². The van der Waals surface area contributed by atoms with Gasteiger partial charge in [-0.3, -0.25) is 9.78 Å². The summed E-state index contributed by atoms with van der Waals surface area (Å²) >= 11 is 0. The normalized spacial score (nSPS) is 22.4. The summed E-state index contributed by atoms with van der Waals surface area (Å²) in [5.74, 6) is -0.878. The van der Waals surface area contributed by atoms with E-state index in [2.05, 4.69) is 14.7 Å². The number of carboxylic acids is 1. The summed E-state index contributed by atoms with van der Waals surface area (Å²) in [6.45, 7) is 2.77. The molecule has 7 nitrogen and oxygen atoms in total. The van der Waals surface area contributed by atoms with Gasteiger partial charge in [-0.05, 0) is 19.8 Å². The molecule has 7 heteroatoms. The third-order valence-corrected chi connectivity index (χ3v) is 3.55. The largest absolute Gasteiger partial charge is 0.481 e. The molecule has 1 atom stereocenters. The van der Waals surface area contributed by atoms with Crippen LogP contribution in [0.25, 0.3) is 0 Å². The summed E-state index contributed by atoms with van der Waals surface area (Å²) in [4.78, 5) is 32.8. The molecule has 1 unspecified atom stereocenters. The Morgan fingerprint density at radius 3 is 2.85 bits per heavy atom. The number of esters is 1. The van der Waals surface area contributed by atoms with Crippen molar-refractivity contribution in [3.63, 3.8) is 0 Å². The summed E-state index contributed by atoms with van der Waals surface area (Å²) in [6.07, 6.45) is 4.24. The highest BCUT2D eigenvalue weighted by atomic mass is 16.5. The quantitative estimate of drug-likeness (QED) is 0.823. The van der Waals surface area contributed by atoms with Gasteiger partial charge in [-0.2, -0.15) is 0 Å². The second-order valence-corrected chi connectivity index (χ2v) is 5.15. The minimum Gasteiger partial charge on any atom is -0.481 e. The lowest BCUT2D eigenvalue weighted by molar-refractivity contribution is -0.148. The molecule has 1 aromatic heterocycles. The van der Waals surface area contributed by atoms with Crippen molar-refractivity contribution < 1.29 is 19.4 Å². The van der Waals surface area contributed by atoms with Gasteiger partial charge in [-0.25, -0.2) is 9.78 Å². The van der Waals surface area contributed by atoms with Gasteiger partial charge in [0.2, 0.25) is 0 Å². The third kappa shape index (κ3) is 2.71. The second-order valence-electron chi connectivity index (χ2n) is 5.15. The number of rotatable bonds is 3. The molecule has 108 valence electrons. The van der Waals surface area contributed by atoms with Gasteiger partial charge in [0.05, 0.1) is 24.9 Å². The molecule has 0 amide bonds. The highest BCUT2D eigenvalue weighted by Gasteiger charge is 2.38. The van der Waals surface area contributed by atoms with Crippen LogP contribution in [0, 0.1) is 5.41 Å². The first kappa shape index (κ1) is 14.2. The maximum Gasteiger partial charge on any atom is 0.358 e. The lowest BCUT2D eigenvalue weighted by Gasteiger charge is -2.38. The van der Waals surface area contributed by atoms with Crippen LogP contribution in [0.5, 0.6) is 0 Å². The van der Waals surface area contributed by atoms with E-state index in [0.29, 0.717) is 25.3 Å². The van der Waals surface area contributed by atoms with Crippen LogP contribution in [-0.2, 0) is 9.53 Å². The maximum absolute atomic E-state index is 11.4. The lowest BCUT2D eigenvalue weighted by Crippen LogP contribution is -2.46. The summed E-state index contributed by atoms with van der Waals surface area (Å²) < 4.78 is 4.60. The van der Waals surface area contributed by atoms with Gasteiger partial charge in [-0.15, -0.1) is 0 Å². The van der Waals surface area contributed by atoms with Crippen molar-refractivity contribution in [1.29, 1.82) is 0 Å². The number of carbonyl (C=O) groups is 2. The Morgan fingerprint density at radius 1 is 1.45 bits per heavy atom. The predicted molar refractivity (Wildman–Crippen MR) is 70.6 cm³/mol. The van der Waals surface area contributed by atoms with Gasteiger partial charge in [0, 0.05) is 13.1 Å². The molecule has 2 rings (SSSR count). The number of hydrogen-bond donors (Lipinski definition) is 1. The number of aromatic nitrogens is 2. The highest BCUT2D eigenvalue weighted by Crippen LogP contribution is 2.31. The van der Waals surface area contributed by atoms with E-state index in [0.717, 1.165) is 6.42 Å². The van der Waals surface area contributed by atoms with Crippen molar-refractivity contribution in [2.75, 3.05) is 25.1 Å². The number of aliphatic carboxylic acids is 1. The van der Waals surface area contributed by atoms with Gasteiger partial charge in [0.1, 0.15) is 5.82 Å². The van der Waals surface area contributed by atoms with Crippen LogP contribution >= 0.6 is 0 Å². The number of ether oxygens (including phenoxy) is 1. The topological polar surface area (TPSA) is 92.6 Å². The van der Waals surface area contributed by atoms with E-state index in [9.17, 15) is 14.7 Å². The monoisotopic (exact) mass is 279 g/mol. The van der Waals surface area contributed by atoms with E-state index >= 15 is 0 Å². The fourth-order valence-corrected chi connectivity index (χ4v) is 2.32. The predicted octanol–water partition coefficient (Wildman–Crippen LogP) is 0.954. The first-order valence-electron chi connectivity index (χ1n) is 6.35. The van der Waals surface area contributed by atoms with E-state index < -0.39 is 17.4 Å². The zero-order chi connectivity index (χ0) is 14.8. The average Bonchev–Trinajstić information content (AvgIpc) is 2.46. The van der Waals surface area contributed by atoms with Crippen molar-refractivity contribution in [1.82, 2.24) is 9.97 Å². The first-order chi connectivity index (χ1) is 9.46. The van der Waals surface area contributed by atoms with E-state index in [1.165, 1.54) is 19.5 Å². The molecule has 0 aliphatic carbocycles. The third-order valence-electron chi connectivity index (χ3n) is 3.55. The summed E-state index contributed by atoms with van der Waals surface area (Å²) in [7, 11) is 1.28. The van der Waals surface area contributed by atoms with Gasteiger partial charge in [-0.1, -0.05) is 0 Å². The molecule has 1 aliphatic rings. The minimum atomic E-state index is -0.820. The van der Waals surface area contributed by atoms with Gasteiger partial charge >= 0.3 is 11.9 Å². The van der Waals surface area contributed by atoms with Crippen LogP contribution in [0.4, 0.5) is 5.82 Å². The van der Waals surface area contributed by atoms with Gasteiger partial charge in [0.25, 0.3) is 0 Å². The number of hydrogen-bond acceptors (Lipinski definition) is 6. The van der Waals surface area contributed by atoms with Crippen LogP contribution in [0.2, 0.25) is 0 Å². The molecule has 1 saturated heterocycles. The molecule has 0 spiro atoms. The molecule has 0 radical (unpaired) electrons. The molecule has 1 aliphatic heterocycles. The Labute approximate surface area is 116 Å².